The lowest BCUT2D eigenvalue weighted by atomic mass is 10.3. The van der Waals surface area contributed by atoms with Gasteiger partial charge >= 0.3 is 0 Å². The van der Waals surface area contributed by atoms with Crippen molar-refractivity contribution in [2.24, 2.45) is 0 Å². The van der Waals surface area contributed by atoms with Gasteiger partial charge in [-0.2, -0.15) is 0 Å². The lowest BCUT2D eigenvalue weighted by Gasteiger charge is -2.33. The minimum atomic E-state index is -0.0448. The highest BCUT2D eigenvalue weighted by atomic mass is 127. The van der Waals surface area contributed by atoms with Gasteiger partial charge < -0.3 is 14.4 Å². The number of aliphatic hydroxyl groups is 1. The van der Waals surface area contributed by atoms with Crippen LogP contribution in [0.25, 0.3) is 0 Å². The van der Waals surface area contributed by atoms with Gasteiger partial charge in [0.2, 0.25) is 0 Å². The first-order valence-corrected chi connectivity index (χ1v) is 6.66. The SMILES string of the molecule is O=C(c1ccc(I)o1)N1CCN(CCO)CC1. The number of carbonyl (C=O) groups excluding carboxylic acids is 1. The first-order chi connectivity index (χ1) is 8.20. The summed E-state index contributed by atoms with van der Waals surface area (Å²) in [7, 11) is 0. The lowest BCUT2D eigenvalue weighted by Crippen LogP contribution is -2.49. The van der Waals surface area contributed by atoms with Gasteiger partial charge in [-0.15, -0.1) is 0 Å². The van der Waals surface area contributed by atoms with Crippen LogP contribution in [-0.4, -0.2) is 60.1 Å². The molecule has 2 heterocycles. The number of furan rings is 1. The second-order valence-electron chi connectivity index (χ2n) is 3.96. The van der Waals surface area contributed by atoms with Crippen molar-refractivity contribution in [3.05, 3.63) is 21.7 Å². The van der Waals surface area contributed by atoms with E-state index in [1.165, 1.54) is 0 Å². The number of carbonyl (C=O) groups is 1. The Hall–Kier alpha value is -0.600. The molecule has 1 aromatic rings. The van der Waals surface area contributed by atoms with Crippen molar-refractivity contribution in [1.29, 1.82) is 0 Å². The molecule has 5 nitrogen and oxygen atoms in total. The smallest absolute Gasteiger partial charge is 0.289 e. The topological polar surface area (TPSA) is 56.9 Å². The zero-order valence-corrected chi connectivity index (χ0v) is 11.6. The van der Waals surface area contributed by atoms with E-state index in [0.29, 0.717) is 25.4 Å². The van der Waals surface area contributed by atoms with E-state index in [0.717, 1.165) is 16.9 Å². The number of rotatable bonds is 3. The van der Waals surface area contributed by atoms with Crippen LogP contribution in [0.1, 0.15) is 10.6 Å². The summed E-state index contributed by atoms with van der Waals surface area (Å²) in [5.74, 6) is 0.363. The van der Waals surface area contributed by atoms with Crippen LogP contribution >= 0.6 is 22.6 Å². The average molecular weight is 350 g/mol. The van der Waals surface area contributed by atoms with E-state index in [1.54, 1.807) is 17.0 Å². The number of hydrogen-bond donors (Lipinski definition) is 1. The molecule has 0 radical (unpaired) electrons. The molecule has 1 aromatic heterocycles. The van der Waals surface area contributed by atoms with Crippen molar-refractivity contribution in [3.8, 4) is 0 Å². The molecule has 0 aliphatic carbocycles. The maximum Gasteiger partial charge on any atom is 0.289 e. The third-order valence-electron chi connectivity index (χ3n) is 2.86. The maximum atomic E-state index is 12.0. The largest absolute Gasteiger partial charge is 0.445 e. The van der Waals surface area contributed by atoms with E-state index in [4.69, 9.17) is 9.52 Å². The molecule has 94 valence electrons. The van der Waals surface area contributed by atoms with Crippen LogP contribution in [0.3, 0.4) is 0 Å². The van der Waals surface area contributed by atoms with Crippen molar-refractivity contribution in [1.82, 2.24) is 9.80 Å². The standard InChI is InChI=1S/C11H15IN2O3/c12-10-2-1-9(17-10)11(16)14-5-3-13(4-6-14)7-8-15/h1-2,15H,3-8H2. The molecular weight excluding hydrogens is 335 g/mol. The van der Waals surface area contributed by atoms with E-state index in [1.807, 2.05) is 22.6 Å². The molecule has 0 unspecified atom stereocenters. The van der Waals surface area contributed by atoms with Gasteiger partial charge in [-0.1, -0.05) is 0 Å². The molecular formula is C11H15IN2O3. The molecule has 0 spiro atoms. The van der Waals surface area contributed by atoms with Crippen LogP contribution in [0, 0.1) is 3.77 Å². The van der Waals surface area contributed by atoms with Gasteiger partial charge in [-0.05, 0) is 34.7 Å². The number of β-amino-alcohol motifs (C(OH)–C–C–N with tert-alkyl or cyclic N) is 1. The Morgan fingerprint density at radius 2 is 2.06 bits per heavy atom. The fourth-order valence-electron chi connectivity index (χ4n) is 1.90. The van der Waals surface area contributed by atoms with Gasteiger partial charge in [-0.3, -0.25) is 9.69 Å². The molecule has 0 atom stereocenters. The summed E-state index contributed by atoms with van der Waals surface area (Å²) >= 11 is 2.05. The number of piperazine rings is 1. The van der Waals surface area contributed by atoms with Crippen molar-refractivity contribution in [3.63, 3.8) is 0 Å². The van der Waals surface area contributed by atoms with Crippen molar-refractivity contribution >= 4 is 28.5 Å². The molecule has 6 heteroatoms. The molecule has 2 rings (SSSR count). The minimum Gasteiger partial charge on any atom is -0.445 e. The molecule has 17 heavy (non-hydrogen) atoms. The quantitative estimate of drug-likeness (QED) is 0.813. The van der Waals surface area contributed by atoms with Gasteiger partial charge in [0, 0.05) is 32.7 Å². The van der Waals surface area contributed by atoms with E-state index in [-0.39, 0.29) is 12.5 Å². The van der Waals surface area contributed by atoms with Crippen molar-refractivity contribution in [2.75, 3.05) is 39.3 Å². The zero-order valence-electron chi connectivity index (χ0n) is 9.43. The third-order valence-corrected chi connectivity index (χ3v) is 3.44. The van der Waals surface area contributed by atoms with Gasteiger partial charge in [-0.25, -0.2) is 0 Å². The van der Waals surface area contributed by atoms with Crippen molar-refractivity contribution < 1.29 is 14.3 Å². The van der Waals surface area contributed by atoms with E-state index >= 15 is 0 Å². The van der Waals surface area contributed by atoms with E-state index in [2.05, 4.69) is 4.90 Å². The first-order valence-electron chi connectivity index (χ1n) is 5.58. The maximum absolute atomic E-state index is 12.0. The van der Waals surface area contributed by atoms with Gasteiger partial charge in [0.15, 0.2) is 9.53 Å². The predicted molar refractivity (Wildman–Crippen MR) is 70.9 cm³/mol. The molecule has 1 N–H and O–H groups in total. The van der Waals surface area contributed by atoms with Crippen LogP contribution in [0.15, 0.2) is 16.5 Å². The number of hydrogen-bond acceptors (Lipinski definition) is 4. The highest BCUT2D eigenvalue weighted by Crippen LogP contribution is 2.13. The third kappa shape index (κ3) is 3.20. The molecule has 1 fully saturated rings. The Labute approximate surface area is 114 Å². The average Bonchev–Trinajstić information content (AvgIpc) is 2.76. The summed E-state index contributed by atoms with van der Waals surface area (Å²) in [6.07, 6.45) is 0. The monoisotopic (exact) mass is 350 g/mol. The Bertz CT molecular complexity index is 386. The van der Waals surface area contributed by atoms with Crippen LogP contribution in [-0.2, 0) is 0 Å². The Kier molecular flexibility index (Phi) is 4.41. The highest BCUT2D eigenvalue weighted by Gasteiger charge is 2.23. The zero-order chi connectivity index (χ0) is 12.3. The molecule has 0 bridgehead atoms. The second-order valence-corrected chi connectivity index (χ2v) is 5.02. The van der Waals surface area contributed by atoms with Crippen LogP contribution in [0.2, 0.25) is 0 Å². The summed E-state index contributed by atoms with van der Waals surface area (Å²) in [5.41, 5.74) is 0. The normalized spacial score (nSPS) is 17.4. The van der Waals surface area contributed by atoms with Crippen LogP contribution in [0.5, 0.6) is 0 Å². The van der Waals surface area contributed by atoms with Crippen LogP contribution in [0.4, 0.5) is 0 Å². The fourth-order valence-corrected chi connectivity index (χ4v) is 2.32. The Balaban J connectivity index is 1.90. The molecule has 1 aliphatic heterocycles. The Morgan fingerprint density at radius 1 is 1.35 bits per heavy atom. The summed E-state index contributed by atoms with van der Waals surface area (Å²) in [6.45, 7) is 3.85. The number of amides is 1. The van der Waals surface area contributed by atoms with E-state index in [9.17, 15) is 4.79 Å². The highest BCUT2D eigenvalue weighted by molar-refractivity contribution is 14.1. The first kappa shape index (κ1) is 12.8. The molecule has 1 saturated heterocycles. The number of aliphatic hydroxyl groups excluding tert-OH is 1. The summed E-state index contributed by atoms with van der Waals surface area (Å²) in [6, 6.07) is 3.50. The molecule has 1 aliphatic rings. The molecule has 0 saturated carbocycles. The van der Waals surface area contributed by atoms with E-state index < -0.39 is 0 Å². The fraction of sp³-hybridized carbons (Fsp3) is 0.545. The lowest BCUT2D eigenvalue weighted by molar-refractivity contribution is 0.0584. The summed E-state index contributed by atoms with van der Waals surface area (Å²) in [5, 5.41) is 8.84. The summed E-state index contributed by atoms with van der Waals surface area (Å²) < 4.78 is 6.04. The van der Waals surface area contributed by atoms with Gasteiger partial charge in [0.1, 0.15) is 0 Å². The van der Waals surface area contributed by atoms with Gasteiger partial charge in [0.25, 0.3) is 5.91 Å². The number of halogens is 1. The van der Waals surface area contributed by atoms with Crippen molar-refractivity contribution in [2.45, 2.75) is 0 Å². The summed E-state index contributed by atoms with van der Waals surface area (Å²) in [4.78, 5) is 16.0. The second kappa shape index (κ2) is 5.83. The Morgan fingerprint density at radius 3 is 2.59 bits per heavy atom. The van der Waals surface area contributed by atoms with Crippen LogP contribution < -0.4 is 0 Å². The predicted octanol–water partition coefficient (Wildman–Crippen LogP) is 0.634. The minimum absolute atomic E-state index is 0.0448. The van der Waals surface area contributed by atoms with Gasteiger partial charge in [0.05, 0.1) is 6.61 Å². The number of nitrogens with zero attached hydrogens (tertiary/aromatic N) is 2. The molecule has 0 aromatic carbocycles. The molecule has 1 amide bonds.